The zero-order valence-electron chi connectivity index (χ0n) is 28.3. The van der Waals surface area contributed by atoms with Gasteiger partial charge >= 0.3 is 0 Å². The molecule has 43 heavy (non-hydrogen) atoms. The molecule has 2 rings (SSSR count). The van der Waals surface area contributed by atoms with E-state index in [-0.39, 0.29) is 11.7 Å². The third kappa shape index (κ3) is 16.8. The Morgan fingerprint density at radius 1 is 0.930 bits per heavy atom. The van der Waals surface area contributed by atoms with Gasteiger partial charge in [0.1, 0.15) is 0 Å². The summed E-state index contributed by atoms with van der Waals surface area (Å²) in [5.74, 6) is 0.418. The minimum absolute atomic E-state index is 0.0846. The first-order valence-electron chi connectivity index (χ1n) is 17.9. The van der Waals surface area contributed by atoms with Crippen molar-refractivity contribution in [2.45, 2.75) is 179 Å². The van der Waals surface area contributed by atoms with Gasteiger partial charge in [-0.25, -0.2) is 0 Å². The van der Waals surface area contributed by atoms with Crippen molar-refractivity contribution in [3.05, 3.63) is 48.1 Å². The Kier molecular flexibility index (Phi) is 19.2. The van der Waals surface area contributed by atoms with Gasteiger partial charge < -0.3 is 14.6 Å². The summed E-state index contributed by atoms with van der Waals surface area (Å²) in [4.78, 5) is 10.1. The number of aliphatic hydroxyl groups is 1. The molecule has 1 fully saturated rings. The summed E-state index contributed by atoms with van der Waals surface area (Å²) in [7, 11) is 0. The first-order chi connectivity index (χ1) is 20.8. The van der Waals surface area contributed by atoms with Crippen LogP contribution in [-0.2, 0) is 14.3 Å². The van der Waals surface area contributed by atoms with Crippen LogP contribution in [0.15, 0.2) is 48.1 Å². The maximum absolute atomic E-state index is 10.7. The second kappa shape index (κ2) is 22.0. The van der Waals surface area contributed by atoms with Crippen LogP contribution in [-0.4, -0.2) is 35.5 Å². The van der Waals surface area contributed by atoms with Crippen LogP contribution < -0.4 is 0 Å². The average molecular weight is 599 g/mol. The van der Waals surface area contributed by atoms with Crippen LogP contribution in [0.3, 0.4) is 0 Å². The lowest BCUT2D eigenvalue weighted by Gasteiger charge is -2.27. The molecule has 1 aliphatic carbocycles. The maximum atomic E-state index is 10.7. The van der Waals surface area contributed by atoms with E-state index in [9.17, 15) is 9.90 Å². The van der Waals surface area contributed by atoms with E-state index in [1.165, 1.54) is 108 Å². The van der Waals surface area contributed by atoms with E-state index in [1.807, 2.05) is 13.0 Å². The van der Waals surface area contributed by atoms with Crippen LogP contribution in [0.2, 0.25) is 0 Å². The molecule has 1 heterocycles. The van der Waals surface area contributed by atoms with Crippen LogP contribution >= 0.6 is 0 Å². The lowest BCUT2D eigenvalue weighted by molar-refractivity contribution is -0.128. The molecule has 1 N–H and O–H groups in total. The number of fused-ring (bicyclic) bond motifs is 1. The van der Waals surface area contributed by atoms with Gasteiger partial charge in [-0.1, -0.05) is 145 Å². The lowest BCUT2D eigenvalue weighted by Crippen LogP contribution is -2.27. The van der Waals surface area contributed by atoms with Gasteiger partial charge in [-0.15, -0.1) is 0 Å². The number of unbranched alkanes of at least 4 members (excludes halogenated alkanes) is 16. The number of carbonyl (C=O) groups excluding carboxylic acids is 1. The maximum Gasteiger partial charge on any atom is 0.293 e. The molecule has 0 radical (unpaired) electrons. The number of hydrogen-bond acceptors (Lipinski definition) is 4. The molecular weight excluding hydrogens is 532 g/mol. The molecule has 0 aromatic heterocycles. The summed E-state index contributed by atoms with van der Waals surface area (Å²) >= 11 is 0. The summed E-state index contributed by atoms with van der Waals surface area (Å²) in [6.45, 7) is 11.7. The second-order valence-electron chi connectivity index (χ2n) is 14.1. The molecule has 0 saturated carbocycles. The van der Waals surface area contributed by atoms with Crippen LogP contribution in [0.4, 0.5) is 0 Å². The normalized spacial score (nSPS) is 26.5. The molecular formula is C39H66O4. The van der Waals surface area contributed by atoms with Crippen molar-refractivity contribution < 1.29 is 19.4 Å². The first kappa shape index (κ1) is 37.5. The zero-order valence-corrected chi connectivity index (χ0v) is 28.3. The predicted molar refractivity (Wildman–Crippen MR) is 182 cm³/mol. The molecule has 0 amide bonds. The Hall–Kier alpha value is -1.65. The van der Waals surface area contributed by atoms with Gasteiger partial charge in [0.15, 0.2) is 0 Å². The van der Waals surface area contributed by atoms with Crippen molar-refractivity contribution in [3.63, 3.8) is 0 Å². The first-order valence-corrected chi connectivity index (χ1v) is 17.9. The highest BCUT2D eigenvalue weighted by atomic mass is 16.5. The molecule has 0 spiro atoms. The predicted octanol–water partition coefficient (Wildman–Crippen LogP) is 10.9. The molecule has 1 aliphatic heterocycles. The van der Waals surface area contributed by atoms with Crippen LogP contribution in [0, 0.1) is 5.92 Å². The highest BCUT2D eigenvalue weighted by molar-refractivity contribution is 5.36. The van der Waals surface area contributed by atoms with Gasteiger partial charge in [-0.3, -0.25) is 4.79 Å². The SMILES string of the molecule is C=C1C/C=C\[C@@](C)(O)CCC2C[C@](/C=C/C=C(C)C)(CCCCCCCCCCCCCCCCCCCOC=O)OC12. The minimum atomic E-state index is -0.741. The Morgan fingerprint density at radius 2 is 1.47 bits per heavy atom. The van der Waals surface area contributed by atoms with Crippen LogP contribution in [0.1, 0.15) is 162 Å². The average Bonchev–Trinajstić information content (AvgIpc) is 3.34. The molecule has 4 heteroatoms. The quantitative estimate of drug-likeness (QED) is 0.0550. The van der Waals surface area contributed by atoms with E-state index in [0.717, 1.165) is 44.1 Å². The summed E-state index contributed by atoms with van der Waals surface area (Å²) in [5, 5.41) is 10.7. The van der Waals surface area contributed by atoms with E-state index in [2.05, 4.69) is 44.7 Å². The van der Waals surface area contributed by atoms with Crippen molar-refractivity contribution in [3.8, 4) is 0 Å². The standard InChI is InChI=1S/C39H66O4/c1-34(2)24-22-29-39(32-36-26-30-38(4,41)27-23-25-35(3)37(36)43-39)28-20-18-16-14-12-10-8-6-5-7-9-11-13-15-17-19-21-31-42-33-40/h22-24,27,29,33,36-37,41H,3,5-21,25-26,28,30-32H2,1-2,4H3/b27-23-,29-22+/t36?,37?,38-,39-/m1/s1. The number of allylic oxidation sites excluding steroid dienone is 4. The van der Waals surface area contributed by atoms with E-state index < -0.39 is 5.60 Å². The summed E-state index contributed by atoms with van der Waals surface area (Å²) in [6, 6.07) is 0. The van der Waals surface area contributed by atoms with E-state index in [0.29, 0.717) is 19.0 Å². The summed E-state index contributed by atoms with van der Waals surface area (Å²) in [5.41, 5.74) is 1.50. The van der Waals surface area contributed by atoms with Crippen molar-refractivity contribution in [2.24, 2.45) is 5.92 Å². The van der Waals surface area contributed by atoms with Crippen LogP contribution in [0.5, 0.6) is 0 Å². The molecule has 4 nitrogen and oxygen atoms in total. The highest BCUT2D eigenvalue weighted by Gasteiger charge is 2.45. The Balaban J connectivity index is 1.58. The lowest BCUT2D eigenvalue weighted by atomic mass is 9.82. The summed E-state index contributed by atoms with van der Waals surface area (Å²) < 4.78 is 11.6. The van der Waals surface area contributed by atoms with E-state index in [1.54, 1.807) is 0 Å². The van der Waals surface area contributed by atoms with Gasteiger partial charge in [0, 0.05) is 0 Å². The molecule has 4 atom stereocenters. The molecule has 246 valence electrons. The number of ether oxygens (including phenoxy) is 2. The fourth-order valence-corrected chi connectivity index (χ4v) is 6.84. The Morgan fingerprint density at radius 3 is 2.00 bits per heavy atom. The number of rotatable bonds is 23. The second-order valence-corrected chi connectivity index (χ2v) is 14.1. The molecule has 1 saturated heterocycles. The summed E-state index contributed by atoms with van der Waals surface area (Å²) in [6.07, 6.45) is 37.9. The molecule has 0 aromatic carbocycles. The van der Waals surface area contributed by atoms with Gasteiger partial charge in [0.05, 0.1) is 23.9 Å². The largest absolute Gasteiger partial charge is 0.468 e. The topological polar surface area (TPSA) is 55.8 Å². The van der Waals surface area contributed by atoms with Gasteiger partial charge in [0.25, 0.3) is 6.47 Å². The minimum Gasteiger partial charge on any atom is -0.468 e. The molecule has 2 aliphatic rings. The van der Waals surface area contributed by atoms with Gasteiger partial charge in [-0.2, -0.15) is 0 Å². The number of hydrogen-bond donors (Lipinski definition) is 1. The smallest absolute Gasteiger partial charge is 0.293 e. The third-order valence-corrected chi connectivity index (χ3v) is 9.44. The van der Waals surface area contributed by atoms with Crippen LogP contribution in [0.25, 0.3) is 0 Å². The van der Waals surface area contributed by atoms with Crippen molar-refractivity contribution in [2.75, 3.05) is 6.61 Å². The molecule has 0 aromatic rings. The molecule has 2 unspecified atom stereocenters. The zero-order chi connectivity index (χ0) is 31.2. The van der Waals surface area contributed by atoms with Gasteiger partial charge in [-0.05, 0) is 70.8 Å². The Bertz CT molecular complexity index is 849. The fraction of sp³-hybridized carbons (Fsp3) is 0.769. The van der Waals surface area contributed by atoms with Crippen molar-refractivity contribution in [1.29, 1.82) is 0 Å². The van der Waals surface area contributed by atoms with E-state index in [4.69, 9.17) is 9.47 Å². The van der Waals surface area contributed by atoms with Crippen molar-refractivity contribution >= 4 is 6.47 Å². The Labute approximate surface area is 265 Å². The molecule has 0 bridgehead atoms. The number of carbonyl (C=O) groups is 1. The fourth-order valence-electron chi connectivity index (χ4n) is 6.84. The van der Waals surface area contributed by atoms with E-state index >= 15 is 0 Å². The highest BCUT2D eigenvalue weighted by Crippen LogP contribution is 2.46. The van der Waals surface area contributed by atoms with Crippen molar-refractivity contribution in [1.82, 2.24) is 0 Å². The van der Waals surface area contributed by atoms with Gasteiger partial charge in [0.2, 0.25) is 0 Å². The third-order valence-electron chi connectivity index (χ3n) is 9.44. The monoisotopic (exact) mass is 598 g/mol.